The van der Waals surface area contributed by atoms with Crippen LogP contribution in [0.4, 0.5) is 0 Å². The highest BCUT2D eigenvalue weighted by molar-refractivity contribution is 7.79. The highest BCUT2D eigenvalue weighted by atomic mass is 32.3. The topological polar surface area (TPSA) is 119 Å². The first-order valence-corrected chi connectivity index (χ1v) is 3.38. The van der Waals surface area contributed by atoms with Gasteiger partial charge in [-0.3, -0.25) is 9.11 Å². The zero-order valence-corrected chi connectivity index (χ0v) is 6.62. The van der Waals surface area contributed by atoms with Crippen LogP contribution in [-0.4, -0.2) is 17.5 Å². The van der Waals surface area contributed by atoms with Crippen molar-refractivity contribution in [3.05, 3.63) is 25.7 Å². The smallest absolute Gasteiger partial charge is 0.394 e. The molecule has 0 spiro atoms. The van der Waals surface area contributed by atoms with Gasteiger partial charge in [-0.25, -0.2) is 0 Å². The third kappa shape index (κ3) is 374. The van der Waals surface area contributed by atoms with Crippen LogP contribution in [0.15, 0.2) is 25.7 Å². The summed E-state index contributed by atoms with van der Waals surface area (Å²) in [5.41, 5.74) is 0. The van der Waals surface area contributed by atoms with Crippen LogP contribution < -0.4 is 6.15 Å². The second-order valence-electron chi connectivity index (χ2n) is 0.917. The Bertz CT molecular complexity index is 171. The largest absolute Gasteiger partial charge is 0.474 e. The Morgan fingerprint density at radius 2 is 1.36 bits per heavy atom. The number of rotatable bonds is 2. The van der Waals surface area contributed by atoms with Crippen molar-refractivity contribution in [2.24, 2.45) is 0 Å². The molecule has 0 amide bonds. The van der Waals surface area contributed by atoms with E-state index in [9.17, 15) is 0 Å². The van der Waals surface area contributed by atoms with Gasteiger partial charge in [-0.15, -0.1) is 0 Å². The Balaban J connectivity index is -0.000000107. The molecule has 0 aromatic rings. The maximum atomic E-state index is 8.74. The van der Waals surface area contributed by atoms with E-state index in [-0.39, 0.29) is 6.15 Å². The molecule has 0 heterocycles. The van der Waals surface area contributed by atoms with Crippen LogP contribution in [0.2, 0.25) is 0 Å². The molecule has 0 aliphatic rings. The number of hydrogen-bond acceptors (Lipinski definition) is 4. The normalized spacial score (nSPS) is 7.82. The van der Waals surface area contributed by atoms with Crippen LogP contribution in [0.5, 0.6) is 0 Å². The first-order valence-electron chi connectivity index (χ1n) is 1.99. The molecule has 0 aliphatic carbocycles. The van der Waals surface area contributed by atoms with Gasteiger partial charge >= 0.3 is 10.4 Å². The molecule has 0 saturated heterocycles. The lowest BCUT2D eigenvalue weighted by Gasteiger charge is -1.76. The van der Waals surface area contributed by atoms with Crippen molar-refractivity contribution in [2.75, 3.05) is 0 Å². The minimum atomic E-state index is -4.67. The fraction of sp³-hybridized carbons (Fsp3) is 0. The first kappa shape index (κ1) is 16.6. The zero-order valence-electron chi connectivity index (χ0n) is 5.80. The van der Waals surface area contributed by atoms with Crippen molar-refractivity contribution >= 4 is 10.4 Å². The Morgan fingerprint density at radius 1 is 1.18 bits per heavy atom. The Labute approximate surface area is 65.3 Å². The summed E-state index contributed by atoms with van der Waals surface area (Å²) in [5.74, 6) is 0. The minimum Gasteiger partial charge on any atom is -0.474 e. The Kier molecular flexibility index (Phi) is 13.7. The van der Waals surface area contributed by atoms with Crippen LogP contribution in [0.25, 0.3) is 0 Å². The van der Waals surface area contributed by atoms with Crippen LogP contribution in [0.1, 0.15) is 0 Å². The average Bonchev–Trinajstić information content (AvgIpc) is 1.63. The SMILES string of the molecule is C=COC=C.N.O=S(=O)(O)O. The van der Waals surface area contributed by atoms with Crippen molar-refractivity contribution in [1.82, 2.24) is 6.15 Å². The lowest BCUT2D eigenvalue weighted by molar-refractivity contribution is 0.381. The summed E-state index contributed by atoms with van der Waals surface area (Å²) in [7, 11) is -4.67. The molecular weight excluding hydrogens is 174 g/mol. The average molecular weight is 185 g/mol. The molecule has 0 saturated carbocycles. The van der Waals surface area contributed by atoms with Crippen molar-refractivity contribution < 1.29 is 22.3 Å². The summed E-state index contributed by atoms with van der Waals surface area (Å²) < 4.78 is 35.9. The Morgan fingerprint density at radius 3 is 1.36 bits per heavy atom. The molecule has 6 nitrogen and oxygen atoms in total. The summed E-state index contributed by atoms with van der Waals surface area (Å²) in [6.45, 7) is 6.51. The monoisotopic (exact) mass is 185 g/mol. The number of ether oxygens (including phenoxy) is 1. The van der Waals surface area contributed by atoms with Crippen LogP contribution in [-0.2, 0) is 15.1 Å². The molecule has 0 atom stereocenters. The van der Waals surface area contributed by atoms with Crippen LogP contribution in [0, 0.1) is 0 Å². The molecule has 0 bridgehead atoms. The first-order chi connectivity index (χ1) is 4.41. The van der Waals surface area contributed by atoms with E-state index < -0.39 is 10.4 Å². The second kappa shape index (κ2) is 9.11. The van der Waals surface area contributed by atoms with Crippen molar-refractivity contribution in [1.29, 1.82) is 0 Å². The van der Waals surface area contributed by atoms with E-state index in [2.05, 4.69) is 17.9 Å². The van der Waals surface area contributed by atoms with Gasteiger partial charge in [-0.2, -0.15) is 8.42 Å². The van der Waals surface area contributed by atoms with E-state index in [1.54, 1.807) is 0 Å². The highest BCUT2D eigenvalue weighted by Crippen LogP contribution is 1.65. The van der Waals surface area contributed by atoms with Crippen LogP contribution in [0.3, 0.4) is 0 Å². The predicted molar refractivity (Wildman–Crippen MR) is 40.7 cm³/mol. The standard InChI is InChI=1S/C4H6O.H3N.H2O4S/c1-3-5-4-2;;1-5(2,3)4/h3-4H,1-2H2;1H3;(H2,1,2,3,4). The molecule has 7 heteroatoms. The summed E-state index contributed by atoms with van der Waals surface area (Å²) in [4.78, 5) is 0. The highest BCUT2D eigenvalue weighted by Gasteiger charge is 1.84. The van der Waals surface area contributed by atoms with Gasteiger partial charge in [0.15, 0.2) is 0 Å². The molecule has 0 aliphatic heterocycles. The van der Waals surface area contributed by atoms with Crippen molar-refractivity contribution in [2.45, 2.75) is 0 Å². The second-order valence-corrected chi connectivity index (χ2v) is 1.81. The zero-order chi connectivity index (χ0) is 8.62. The molecular formula is C4H11NO5S. The molecule has 11 heavy (non-hydrogen) atoms. The molecule has 68 valence electrons. The fourth-order valence-corrected chi connectivity index (χ4v) is 0.0680. The van der Waals surface area contributed by atoms with Gasteiger partial charge in [-0.05, 0) is 0 Å². The van der Waals surface area contributed by atoms with Gasteiger partial charge in [0, 0.05) is 0 Å². The van der Waals surface area contributed by atoms with Gasteiger partial charge < -0.3 is 10.9 Å². The van der Waals surface area contributed by atoms with Crippen molar-refractivity contribution in [3.63, 3.8) is 0 Å². The molecule has 0 radical (unpaired) electrons. The molecule has 0 unspecified atom stereocenters. The summed E-state index contributed by atoms with van der Waals surface area (Å²) in [6, 6.07) is 0. The molecule has 0 fully saturated rings. The van der Waals surface area contributed by atoms with E-state index in [0.717, 1.165) is 0 Å². The summed E-state index contributed by atoms with van der Waals surface area (Å²) in [6.07, 6.45) is 2.62. The van der Waals surface area contributed by atoms with Gasteiger partial charge in [-0.1, -0.05) is 13.2 Å². The van der Waals surface area contributed by atoms with Gasteiger partial charge in [0.05, 0.1) is 12.5 Å². The Hall–Kier alpha value is -0.890. The predicted octanol–water partition coefficient (Wildman–Crippen LogP) is 0.799. The van der Waals surface area contributed by atoms with E-state index in [1.165, 1.54) is 12.5 Å². The third-order valence-electron chi connectivity index (χ3n) is 0.192. The molecule has 0 aromatic heterocycles. The van der Waals surface area contributed by atoms with E-state index >= 15 is 0 Å². The van der Waals surface area contributed by atoms with Crippen LogP contribution >= 0.6 is 0 Å². The minimum absolute atomic E-state index is 0. The van der Waals surface area contributed by atoms with Gasteiger partial charge in [0.1, 0.15) is 0 Å². The molecule has 0 rings (SSSR count). The maximum Gasteiger partial charge on any atom is 0.394 e. The molecule has 5 N–H and O–H groups in total. The van der Waals surface area contributed by atoms with E-state index in [0.29, 0.717) is 0 Å². The lowest BCUT2D eigenvalue weighted by Crippen LogP contribution is -1.89. The third-order valence-corrected chi connectivity index (χ3v) is 0.192. The van der Waals surface area contributed by atoms with E-state index in [4.69, 9.17) is 17.5 Å². The maximum absolute atomic E-state index is 8.74. The van der Waals surface area contributed by atoms with Gasteiger partial charge in [0.25, 0.3) is 0 Å². The molecule has 0 aromatic carbocycles. The quantitative estimate of drug-likeness (QED) is 0.432. The van der Waals surface area contributed by atoms with Crippen molar-refractivity contribution in [3.8, 4) is 0 Å². The van der Waals surface area contributed by atoms with Gasteiger partial charge in [0.2, 0.25) is 0 Å². The summed E-state index contributed by atoms with van der Waals surface area (Å²) >= 11 is 0. The summed E-state index contributed by atoms with van der Waals surface area (Å²) in [5, 5.41) is 0. The lowest BCUT2D eigenvalue weighted by atomic mass is 11.1. The number of hydrogen-bond donors (Lipinski definition) is 3. The van der Waals surface area contributed by atoms with E-state index in [1.807, 2.05) is 0 Å². The fourth-order valence-electron chi connectivity index (χ4n) is 0.0680.